The quantitative estimate of drug-likeness (QED) is 0.811. The van der Waals surface area contributed by atoms with E-state index in [0.717, 1.165) is 0 Å². The van der Waals surface area contributed by atoms with Gasteiger partial charge in [0.2, 0.25) is 0 Å². The Morgan fingerprint density at radius 2 is 1.80 bits per heavy atom. The fourth-order valence-electron chi connectivity index (χ4n) is 2.11. The number of rotatable bonds is 7. The van der Waals surface area contributed by atoms with Gasteiger partial charge in [-0.05, 0) is 55.3 Å². The highest BCUT2D eigenvalue weighted by Gasteiger charge is 2.06. The number of amides is 2. The number of ether oxygens (including phenoxy) is 1. The van der Waals surface area contributed by atoms with Gasteiger partial charge in [-0.1, -0.05) is 12.1 Å². The van der Waals surface area contributed by atoms with E-state index in [9.17, 15) is 14.0 Å². The van der Waals surface area contributed by atoms with E-state index in [1.54, 1.807) is 43.3 Å². The number of carbonyl (C=O) groups is 2. The number of halogens is 1. The Balaban J connectivity index is 1.79. The van der Waals surface area contributed by atoms with E-state index in [4.69, 9.17) is 4.74 Å². The van der Waals surface area contributed by atoms with Crippen molar-refractivity contribution in [1.29, 1.82) is 0 Å². The standard InChI is InChI=1S/C19H21FN2O3/c1-3-21-19(24)15-6-8-16(9-7-15)25-12-18(23)22-11-14-5-4-13(2)17(20)10-14/h4-10H,3,11-12H2,1-2H3,(H,21,24)(H,22,23). The molecule has 5 nitrogen and oxygen atoms in total. The molecule has 0 aliphatic carbocycles. The summed E-state index contributed by atoms with van der Waals surface area (Å²) in [5.74, 6) is -0.273. The molecule has 0 aromatic heterocycles. The zero-order valence-electron chi connectivity index (χ0n) is 14.3. The molecule has 0 atom stereocenters. The first-order chi connectivity index (χ1) is 12.0. The Bertz CT molecular complexity index is 745. The maximum Gasteiger partial charge on any atom is 0.258 e. The van der Waals surface area contributed by atoms with Crippen molar-refractivity contribution in [3.63, 3.8) is 0 Å². The van der Waals surface area contributed by atoms with Crippen LogP contribution in [-0.4, -0.2) is 25.0 Å². The summed E-state index contributed by atoms with van der Waals surface area (Å²) in [6.45, 7) is 4.16. The highest BCUT2D eigenvalue weighted by atomic mass is 19.1. The van der Waals surface area contributed by atoms with Crippen LogP contribution in [0.1, 0.15) is 28.4 Å². The first kappa shape index (κ1) is 18.4. The van der Waals surface area contributed by atoms with E-state index in [1.807, 2.05) is 6.92 Å². The number of hydrogen-bond acceptors (Lipinski definition) is 3. The predicted molar refractivity (Wildman–Crippen MR) is 92.9 cm³/mol. The second-order valence-electron chi connectivity index (χ2n) is 5.53. The first-order valence-electron chi connectivity index (χ1n) is 8.02. The molecule has 0 bridgehead atoms. The van der Waals surface area contributed by atoms with Gasteiger partial charge in [-0.2, -0.15) is 0 Å². The maximum absolute atomic E-state index is 13.4. The molecule has 0 saturated heterocycles. The highest BCUT2D eigenvalue weighted by molar-refractivity contribution is 5.94. The molecule has 2 N–H and O–H groups in total. The lowest BCUT2D eigenvalue weighted by Gasteiger charge is -2.09. The van der Waals surface area contributed by atoms with Crippen LogP contribution in [0.15, 0.2) is 42.5 Å². The first-order valence-corrected chi connectivity index (χ1v) is 8.02. The number of benzene rings is 2. The summed E-state index contributed by atoms with van der Waals surface area (Å²) >= 11 is 0. The minimum Gasteiger partial charge on any atom is -0.484 e. The van der Waals surface area contributed by atoms with E-state index in [1.165, 1.54) is 6.07 Å². The molecule has 0 heterocycles. The zero-order valence-corrected chi connectivity index (χ0v) is 14.3. The van der Waals surface area contributed by atoms with Gasteiger partial charge in [-0.15, -0.1) is 0 Å². The normalized spacial score (nSPS) is 10.2. The average Bonchev–Trinajstić information content (AvgIpc) is 2.61. The van der Waals surface area contributed by atoms with Crippen molar-refractivity contribution in [3.8, 4) is 5.75 Å². The monoisotopic (exact) mass is 344 g/mol. The minimum absolute atomic E-state index is 0.155. The van der Waals surface area contributed by atoms with Crippen LogP contribution in [0.4, 0.5) is 4.39 Å². The van der Waals surface area contributed by atoms with Crippen molar-refractivity contribution < 1.29 is 18.7 Å². The SMILES string of the molecule is CCNC(=O)c1ccc(OCC(=O)NCc2ccc(C)c(F)c2)cc1. The number of hydrogen-bond donors (Lipinski definition) is 2. The molecule has 0 fully saturated rings. The lowest BCUT2D eigenvalue weighted by atomic mass is 10.1. The van der Waals surface area contributed by atoms with Crippen LogP contribution in [-0.2, 0) is 11.3 Å². The van der Waals surface area contributed by atoms with Gasteiger partial charge in [0.25, 0.3) is 11.8 Å². The summed E-state index contributed by atoms with van der Waals surface area (Å²) in [7, 11) is 0. The van der Waals surface area contributed by atoms with Crippen LogP contribution in [0.2, 0.25) is 0 Å². The molecule has 6 heteroatoms. The number of aryl methyl sites for hydroxylation is 1. The van der Waals surface area contributed by atoms with Crippen LogP contribution in [0, 0.1) is 12.7 Å². The predicted octanol–water partition coefficient (Wildman–Crippen LogP) is 2.58. The topological polar surface area (TPSA) is 67.4 Å². The summed E-state index contributed by atoms with van der Waals surface area (Å²) in [6, 6.07) is 11.4. The van der Waals surface area contributed by atoms with E-state index in [0.29, 0.717) is 29.0 Å². The van der Waals surface area contributed by atoms with Gasteiger partial charge in [0, 0.05) is 18.7 Å². The van der Waals surface area contributed by atoms with Crippen molar-refractivity contribution in [3.05, 3.63) is 65.0 Å². The maximum atomic E-state index is 13.4. The second kappa shape index (κ2) is 8.82. The Kier molecular flexibility index (Phi) is 6.51. The smallest absolute Gasteiger partial charge is 0.258 e. The molecular weight excluding hydrogens is 323 g/mol. The Hall–Kier alpha value is -2.89. The second-order valence-corrected chi connectivity index (χ2v) is 5.53. The highest BCUT2D eigenvalue weighted by Crippen LogP contribution is 2.12. The minimum atomic E-state index is -0.311. The Labute approximate surface area is 146 Å². The molecule has 25 heavy (non-hydrogen) atoms. The van der Waals surface area contributed by atoms with Crippen LogP contribution in [0.3, 0.4) is 0 Å². The Morgan fingerprint density at radius 3 is 2.44 bits per heavy atom. The summed E-state index contributed by atoms with van der Waals surface area (Å²) in [5.41, 5.74) is 1.78. The zero-order chi connectivity index (χ0) is 18.2. The third kappa shape index (κ3) is 5.60. The third-order valence-corrected chi connectivity index (χ3v) is 3.55. The van der Waals surface area contributed by atoms with Crippen molar-refractivity contribution >= 4 is 11.8 Å². The fraction of sp³-hybridized carbons (Fsp3) is 0.263. The molecule has 0 saturated carbocycles. The van der Waals surface area contributed by atoms with E-state index >= 15 is 0 Å². The van der Waals surface area contributed by atoms with Crippen LogP contribution in [0.25, 0.3) is 0 Å². The van der Waals surface area contributed by atoms with Gasteiger partial charge >= 0.3 is 0 Å². The van der Waals surface area contributed by atoms with Gasteiger partial charge in [0.15, 0.2) is 6.61 Å². The molecule has 0 aliphatic rings. The van der Waals surface area contributed by atoms with Gasteiger partial charge in [0.05, 0.1) is 0 Å². The molecule has 2 amide bonds. The number of carbonyl (C=O) groups excluding carboxylic acids is 2. The van der Waals surface area contributed by atoms with E-state index in [2.05, 4.69) is 10.6 Å². The summed E-state index contributed by atoms with van der Waals surface area (Å²) in [5, 5.41) is 5.37. The lowest BCUT2D eigenvalue weighted by Crippen LogP contribution is -2.28. The number of nitrogens with one attached hydrogen (secondary N) is 2. The van der Waals surface area contributed by atoms with Gasteiger partial charge in [-0.25, -0.2) is 4.39 Å². The van der Waals surface area contributed by atoms with Gasteiger partial charge in [0.1, 0.15) is 11.6 Å². The summed E-state index contributed by atoms with van der Waals surface area (Å²) < 4.78 is 18.8. The Morgan fingerprint density at radius 1 is 1.08 bits per heavy atom. The van der Waals surface area contributed by atoms with E-state index in [-0.39, 0.29) is 30.8 Å². The molecule has 0 radical (unpaired) electrons. The summed E-state index contributed by atoms with van der Waals surface area (Å²) in [6.07, 6.45) is 0. The van der Waals surface area contributed by atoms with E-state index < -0.39 is 0 Å². The molecule has 2 aromatic rings. The van der Waals surface area contributed by atoms with Crippen molar-refractivity contribution in [2.45, 2.75) is 20.4 Å². The average molecular weight is 344 g/mol. The molecule has 2 aromatic carbocycles. The van der Waals surface area contributed by atoms with Crippen LogP contribution >= 0.6 is 0 Å². The van der Waals surface area contributed by atoms with Crippen molar-refractivity contribution in [2.24, 2.45) is 0 Å². The van der Waals surface area contributed by atoms with Crippen LogP contribution < -0.4 is 15.4 Å². The molecule has 2 rings (SSSR count). The molecule has 0 spiro atoms. The van der Waals surface area contributed by atoms with Gasteiger partial charge in [-0.3, -0.25) is 9.59 Å². The lowest BCUT2D eigenvalue weighted by molar-refractivity contribution is -0.123. The van der Waals surface area contributed by atoms with Gasteiger partial charge < -0.3 is 15.4 Å². The largest absolute Gasteiger partial charge is 0.484 e. The fourth-order valence-corrected chi connectivity index (χ4v) is 2.11. The summed E-state index contributed by atoms with van der Waals surface area (Å²) in [4.78, 5) is 23.5. The molecule has 0 unspecified atom stereocenters. The third-order valence-electron chi connectivity index (χ3n) is 3.55. The molecular formula is C19H21FN2O3. The van der Waals surface area contributed by atoms with Crippen molar-refractivity contribution in [2.75, 3.05) is 13.2 Å². The van der Waals surface area contributed by atoms with Crippen molar-refractivity contribution in [1.82, 2.24) is 10.6 Å². The van der Waals surface area contributed by atoms with Crippen LogP contribution in [0.5, 0.6) is 5.75 Å². The molecule has 0 aliphatic heterocycles. The molecule has 132 valence electrons.